The first kappa shape index (κ1) is 17.2. The molecule has 2 aromatic rings. The number of rotatable bonds is 6. The Morgan fingerprint density at radius 1 is 1.25 bits per heavy atom. The maximum absolute atomic E-state index is 12.5. The lowest BCUT2D eigenvalue weighted by molar-refractivity contribution is 0.0763. The Labute approximate surface area is 152 Å². The minimum atomic E-state index is 0.0341. The van der Waals surface area contributed by atoms with E-state index in [4.69, 9.17) is 0 Å². The summed E-state index contributed by atoms with van der Waals surface area (Å²) in [6.45, 7) is 7.98. The van der Waals surface area contributed by atoms with E-state index in [0.29, 0.717) is 18.4 Å². The monoisotopic (exact) mass is 389 g/mol. The molecule has 1 aliphatic heterocycles. The lowest BCUT2D eigenvalue weighted by Crippen LogP contribution is -2.26. The first-order valence-electron chi connectivity index (χ1n) is 8.65. The predicted molar refractivity (Wildman–Crippen MR) is 99.8 cm³/mol. The molecule has 128 valence electrons. The molecule has 0 bridgehead atoms. The number of hydrogen-bond acceptors (Lipinski definition) is 2. The van der Waals surface area contributed by atoms with Crippen LogP contribution in [-0.4, -0.2) is 26.9 Å². The number of unbranched alkanes of at least 4 members (excludes halogenated alkanes) is 1. The number of fused-ring (bicyclic) bond motifs is 1. The Bertz CT molecular complexity index is 734. The van der Waals surface area contributed by atoms with Gasteiger partial charge in [-0.05, 0) is 40.3 Å². The summed E-state index contributed by atoms with van der Waals surface area (Å²) in [5.74, 6) is 1.22. The average Bonchev–Trinajstić information content (AvgIpc) is 3.01. The summed E-state index contributed by atoms with van der Waals surface area (Å²) in [6.07, 6.45) is 3.19. The van der Waals surface area contributed by atoms with Gasteiger partial charge in [0.2, 0.25) is 5.82 Å². The zero-order valence-electron chi connectivity index (χ0n) is 14.6. The van der Waals surface area contributed by atoms with Crippen molar-refractivity contribution in [2.45, 2.75) is 46.7 Å². The second kappa shape index (κ2) is 7.09. The fourth-order valence-corrected chi connectivity index (χ4v) is 3.78. The van der Waals surface area contributed by atoms with Gasteiger partial charge in [0.05, 0.1) is 12.4 Å². The second-order valence-electron chi connectivity index (χ2n) is 6.86. The van der Waals surface area contributed by atoms with E-state index < -0.39 is 0 Å². The van der Waals surface area contributed by atoms with Crippen LogP contribution in [0.25, 0.3) is 11.3 Å². The normalized spacial score (nSPS) is 13.9. The summed E-state index contributed by atoms with van der Waals surface area (Å²) in [6, 6.07) is 8.61. The van der Waals surface area contributed by atoms with Crippen LogP contribution in [0.15, 0.2) is 28.9 Å². The summed E-state index contributed by atoms with van der Waals surface area (Å²) in [4.78, 5) is 18.8. The third kappa shape index (κ3) is 3.27. The highest BCUT2D eigenvalue weighted by atomic mass is 79.9. The van der Waals surface area contributed by atoms with Crippen LogP contribution < -0.4 is 0 Å². The molecule has 0 radical (unpaired) electrons. The fraction of sp³-hybridized carbons (Fsp3) is 0.474. The van der Waals surface area contributed by atoms with Crippen molar-refractivity contribution in [2.24, 2.45) is 5.92 Å². The number of carbonyl (C=O) groups is 1. The number of hydrogen-bond donors (Lipinski definition) is 0. The molecule has 1 aromatic carbocycles. The van der Waals surface area contributed by atoms with Crippen molar-refractivity contribution in [2.75, 3.05) is 6.54 Å². The van der Waals surface area contributed by atoms with Crippen LogP contribution in [0.2, 0.25) is 0 Å². The minimum Gasteiger partial charge on any atom is -0.318 e. The van der Waals surface area contributed by atoms with Crippen LogP contribution in [0, 0.1) is 5.92 Å². The Morgan fingerprint density at radius 3 is 2.58 bits per heavy atom. The first-order chi connectivity index (χ1) is 11.5. The van der Waals surface area contributed by atoms with E-state index in [0.717, 1.165) is 41.7 Å². The van der Waals surface area contributed by atoms with Crippen molar-refractivity contribution in [3.63, 3.8) is 0 Å². The lowest BCUT2D eigenvalue weighted by atomic mass is 10.0. The number of amides is 1. The Kier molecular flexibility index (Phi) is 5.09. The number of benzene rings is 1. The van der Waals surface area contributed by atoms with Crippen molar-refractivity contribution in [3.8, 4) is 11.3 Å². The highest BCUT2D eigenvalue weighted by molar-refractivity contribution is 9.10. The van der Waals surface area contributed by atoms with Gasteiger partial charge >= 0.3 is 0 Å². The number of nitrogens with zero attached hydrogens (tertiary/aromatic N) is 3. The van der Waals surface area contributed by atoms with Crippen molar-refractivity contribution in [1.29, 1.82) is 0 Å². The topological polar surface area (TPSA) is 38.1 Å². The van der Waals surface area contributed by atoms with Crippen LogP contribution in [0.4, 0.5) is 0 Å². The van der Waals surface area contributed by atoms with Gasteiger partial charge in [-0.25, -0.2) is 4.98 Å². The molecule has 0 atom stereocenters. The van der Waals surface area contributed by atoms with E-state index in [2.05, 4.69) is 66.0 Å². The van der Waals surface area contributed by atoms with Crippen LogP contribution >= 0.6 is 15.9 Å². The van der Waals surface area contributed by atoms with E-state index in [1.165, 1.54) is 5.56 Å². The van der Waals surface area contributed by atoms with Gasteiger partial charge in [-0.15, -0.1) is 0 Å². The molecule has 0 spiro atoms. The molecule has 0 unspecified atom stereocenters. The van der Waals surface area contributed by atoms with Gasteiger partial charge in [0, 0.05) is 12.1 Å². The highest BCUT2D eigenvalue weighted by Gasteiger charge is 2.32. The SMILES string of the molecule is CCCCN1Cn2c(nc(Br)c2-c2ccc(CC(C)C)cc2)C1=O. The van der Waals surface area contributed by atoms with Crippen LogP contribution in [-0.2, 0) is 13.1 Å². The summed E-state index contributed by atoms with van der Waals surface area (Å²) >= 11 is 3.54. The average molecular weight is 390 g/mol. The number of carbonyl (C=O) groups excluding carboxylic acids is 1. The Balaban J connectivity index is 1.88. The number of halogens is 1. The van der Waals surface area contributed by atoms with E-state index in [1.807, 2.05) is 9.47 Å². The third-order valence-corrected chi connectivity index (χ3v) is 4.92. The molecule has 5 heteroatoms. The van der Waals surface area contributed by atoms with Gasteiger partial charge < -0.3 is 9.47 Å². The van der Waals surface area contributed by atoms with Gasteiger partial charge in [-0.2, -0.15) is 0 Å². The molecule has 1 aromatic heterocycles. The molecule has 0 saturated heterocycles. The summed E-state index contributed by atoms with van der Waals surface area (Å²) in [5, 5.41) is 0. The second-order valence-corrected chi connectivity index (χ2v) is 7.61. The van der Waals surface area contributed by atoms with E-state index in [-0.39, 0.29) is 5.91 Å². The fourth-order valence-electron chi connectivity index (χ4n) is 3.17. The minimum absolute atomic E-state index is 0.0341. The molecule has 24 heavy (non-hydrogen) atoms. The van der Waals surface area contributed by atoms with Crippen molar-refractivity contribution in [1.82, 2.24) is 14.5 Å². The largest absolute Gasteiger partial charge is 0.318 e. The molecule has 0 fully saturated rings. The van der Waals surface area contributed by atoms with Crippen molar-refractivity contribution < 1.29 is 4.79 Å². The molecule has 3 rings (SSSR count). The highest BCUT2D eigenvalue weighted by Crippen LogP contribution is 2.33. The zero-order valence-corrected chi connectivity index (χ0v) is 16.1. The standard InChI is InChI=1S/C19H24BrN3O/c1-4-5-10-22-12-23-16(17(20)21-18(23)19(22)24)15-8-6-14(7-9-15)11-13(2)3/h6-9,13H,4-5,10-12H2,1-3H3. The summed E-state index contributed by atoms with van der Waals surface area (Å²) in [5.41, 5.74) is 3.43. The summed E-state index contributed by atoms with van der Waals surface area (Å²) in [7, 11) is 0. The van der Waals surface area contributed by atoms with Crippen LogP contribution in [0.3, 0.4) is 0 Å². The Hall–Kier alpha value is -1.62. The van der Waals surface area contributed by atoms with Gasteiger partial charge in [0.15, 0.2) is 0 Å². The maximum atomic E-state index is 12.5. The molecule has 1 aliphatic rings. The molecule has 0 saturated carbocycles. The number of aromatic nitrogens is 2. The van der Waals surface area contributed by atoms with E-state index >= 15 is 0 Å². The molecule has 0 aliphatic carbocycles. The van der Waals surface area contributed by atoms with Gasteiger partial charge in [-0.3, -0.25) is 4.79 Å². The smallest absolute Gasteiger partial charge is 0.291 e. The van der Waals surface area contributed by atoms with Gasteiger partial charge in [-0.1, -0.05) is 51.5 Å². The van der Waals surface area contributed by atoms with Crippen LogP contribution in [0.5, 0.6) is 0 Å². The zero-order chi connectivity index (χ0) is 17.3. The van der Waals surface area contributed by atoms with Crippen molar-refractivity contribution in [3.05, 3.63) is 40.3 Å². The van der Waals surface area contributed by atoms with Gasteiger partial charge in [0.25, 0.3) is 5.91 Å². The maximum Gasteiger partial charge on any atom is 0.291 e. The molecular weight excluding hydrogens is 366 g/mol. The molecule has 1 amide bonds. The van der Waals surface area contributed by atoms with Crippen LogP contribution in [0.1, 0.15) is 49.8 Å². The lowest BCUT2D eigenvalue weighted by Gasteiger charge is -2.15. The van der Waals surface area contributed by atoms with Gasteiger partial charge in [0.1, 0.15) is 4.60 Å². The summed E-state index contributed by atoms with van der Waals surface area (Å²) < 4.78 is 2.78. The predicted octanol–water partition coefficient (Wildman–Crippen LogP) is 4.72. The Morgan fingerprint density at radius 2 is 1.96 bits per heavy atom. The molecular formula is C19H24BrN3O. The molecule has 2 heterocycles. The first-order valence-corrected chi connectivity index (χ1v) is 9.45. The molecule has 0 N–H and O–H groups in total. The van der Waals surface area contributed by atoms with E-state index in [9.17, 15) is 4.79 Å². The molecule has 4 nitrogen and oxygen atoms in total. The quantitative estimate of drug-likeness (QED) is 0.716. The van der Waals surface area contributed by atoms with E-state index in [1.54, 1.807) is 0 Å². The van der Waals surface area contributed by atoms with Crippen molar-refractivity contribution >= 4 is 21.8 Å². The third-order valence-electron chi connectivity index (χ3n) is 4.37. The number of imidazole rings is 1.